The molecule has 0 bridgehead atoms. The van der Waals surface area contributed by atoms with E-state index in [0.717, 1.165) is 0 Å². The summed E-state index contributed by atoms with van der Waals surface area (Å²) in [6.45, 7) is 2.06. The van der Waals surface area contributed by atoms with E-state index >= 15 is 0 Å². The Morgan fingerprint density at radius 3 is 2.73 bits per heavy atom. The number of aromatic nitrogens is 1. The SMILES string of the molecule is Cc1[c-]cc2c(c1)[nH]c1ccccc12.[Ir]. The zero-order chi connectivity index (χ0) is 9.54. The van der Waals surface area contributed by atoms with E-state index in [-0.39, 0.29) is 20.1 Å². The first-order valence-corrected chi connectivity index (χ1v) is 4.73. The van der Waals surface area contributed by atoms with Gasteiger partial charge in [0.05, 0.1) is 0 Å². The van der Waals surface area contributed by atoms with Crippen molar-refractivity contribution in [2.24, 2.45) is 0 Å². The van der Waals surface area contributed by atoms with Crippen molar-refractivity contribution in [1.29, 1.82) is 0 Å². The molecule has 15 heavy (non-hydrogen) atoms. The molecule has 0 saturated carbocycles. The molecule has 0 atom stereocenters. The quantitative estimate of drug-likeness (QED) is 0.582. The standard InChI is InChI=1S/C13H10N.Ir/c1-9-6-7-11-10-4-2-3-5-12(10)14-13(11)8-9;/h2-5,7-8,14H,1H3;/q-1;. The van der Waals surface area contributed by atoms with Crippen LogP contribution in [0.4, 0.5) is 0 Å². The molecule has 2 heteroatoms. The molecule has 1 heterocycles. The minimum Gasteiger partial charge on any atom is -0.378 e. The second-order valence-electron chi connectivity index (χ2n) is 3.61. The first-order valence-electron chi connectivity index (χ1n) is 4.73. The number of aromatic amines is 1. The van der Waals surface area contributed by atoms with Gasteiger partial charge in [-0.05, 0) is 11.5 Å². The number of benzene rings is 2. The Morgan fingerprint density at radius 1 is 1.07 bits per heavy atom. The second kappa shape index (κ2) is 3.80. The number of hydrogen-bond donors (Lipinski definition) is 1. The van der Waals surface area contributed by atoms with Gasteiger partial charge in [0.15, 0.2) is 0 Å². The second-order valence-corrected chi connectivity index (χ2v) is 3.61. The van der Waals surface area contributed by atoms with Crippen molar-refractivity contribution in [1.82, 2.24) is 4.98 Å². The summed E-state index contributed by atoms with van der Waals surface area (Å²) in [4.78, 5) is 3.40. The third kappa shape index (κ3) is 1.60. The van der Waals surface area contributed by atoms with Gasteiger partial charge in [0.25, 0.3) is 0 Å². The normalized spacial score (nSPS) is 10.5. The third-order valence-electron chi connectivity index (χ3n) is 2.58. The van der Waals surface area contributed by atoms with E-state index in [4.69, 9.17) is 0 Å². The molecule has 1 N–H and O–H groups in total. The summed E-state index contributed by atoms with van der Waals surface area (Å²) in [6, 6.07) is 15.8. The van der Waals surface area contributed by atoms with Crippen LogP contribution in [0.2, 0.25) is 0 Å². The van der Waals surface area contributed by atoms with Gasteiger partial charge in [-0.3, -0.25) is 0 Å². The van der Waals surface area contributed by atoms with Crippen molar-refractivity contribution in [2.75, 3.05) is 0 Å². The van der Waals surface area contributed by atoms with Gasteiger partial charge in [-0.15, -0.1) is 11.5 Å². The van der Waals surface area contributed by atoms with Crippen LogP contribution >= 0.6 is 0 Å². The van der Waals surface area contributed by atoms with Crippen LogP contribution in [0.1, 0.15) is 5.56 Å². The van der Waals surface area contributed by atoms with Gasteiger partial charge in [0.2, 0.25) is 0 Å². The summed E-state index contributed by atoms with van der Waals surface area (Å²) in [7, 11) is 0. The molecule has 77 valence electrons. The van der Waals surface area contributed by atoms with E-state index in [1.165, 1.54) is 27.4 Å². The van der Waals surface area contributed by atoms with Crippen molar-refractivity contribution in [2.45, 2.75) is 6.92 Å². The number of fused-ring (bicyclic) bond motifs is 3. The predicted octanol–water partition coefficient (Wildman–Crippen LogP) is 3.43. The molecule has 0 unspecified atom stereocenters. The number of nitrogens with one attached hydrogen (secondary N) is 1. The topological polar surface area (TPSA) is 15.8 Å². The molecule has 1 nitrogen and oxygen atoms in total. The average molecular weight is 372 g/mol. The molecule has 3 aromatic rings. The number of hydrogen-bond acceptors (Lipinski definition) is 0. The third-order valence-corrected chi connectivity index (χ3v) is 2.58. The summed E-state index contributed by atoms with van der Waals surface area (Å²) in [6.07, 6.45) is 0. The zero-order valence-corrected chi connectivity index (χ0v) is 10.7. The fourth-order valence-electron chi connectivity index (χ4n) is 1.90. The smallest absolute Gasteiger partial charge is 0.0322 e. The van der Waals surface area contributed by atoms with Crippen LogP contribution in [0.3, 0.4) is 0 Å². The fourth-order valence-corrected chi connectivity index (χ4v) is 1.90. The van der Waals surface area contributed by atoms with Gasteiger partial charge < -0.3 is 4.98 Å². The first kappa shape index (κ1) is 10.4. The molecule has 0 fully saturated rings. The minimum atomic E-state index is 0. The van der Waals surface area contributed by atoms with Crippen LogP contribution in [0.15, 0.2) is 36.4 Å². The molecule has 0 saturated heterocycles. The van der Waals surface area contributed by atoms with E-state index in [9.17, 15) is 0 Å². The predicted molar refractivity (Wildman–Crippen MR) is 59.4 cm³/mol. The maximum Gasteiger partial charge on any atom is 0.0322 e. The van der Waals surface area contributed by atoms with E-state index < -0.39 is 0 Å². The van der Waals surface area contributed by atoms with E-state index in [2.05, 4.69) is 48.3 Å². The Morgan fingerprint density at radius 2 is 1.87 bits per heavy atom. The van der Waals surface area contributed by atoms with Crippen LogP contribution in [-0.4, -0.2) is 4.98 Å². The molecule has 0 aliphatic carbocycles. The number of rotatable bonds is 0. The van der Waals surface area contributed by atoms with E-state index in [1.807, 2.05) is 6.07 Å². The summed E-state index contributed by atoms with van der Waals surface area (Å²) in [5.41, 5.74) is 3.56. The summed E-state index contributed by atoms with van der Waals surface area (Å²) in [5.74, 6) is 0. The van der Waals surface area contributed by atoms with Crippen molar-refractivity contribution in [3.05, 3.63) is 48.0 Å². The maximum absolute atomic E-state index is 3.40. The van der Waals surface area contributed by atoms with Crippen LogP contribution in [0, 0.1) is 13.0 Å². The fraction of sp³-hybridized carbons (Fsp3) is 0.0769. The van der Waals surface area contributed by atoms with E-state index in [1.54, 1.807) is 0 Å². The molecule has 0 aliphatic rings. The van der Waals surface area contributed by atoms with Crippen LogP contribution in [0.5, 0.6) is 0 Å². The molecular formula is C13H10IrN-. The molecule has 1 aromatic heterocycles. The number of H-pyrrole nitrogens is 1. The first-order chi connectivity index (χ1) is 6.84. The molecule has 3 rings (SSSR count). The molecule has 0 aliphatic heterocycles. The van der Waals surface area contributed by atoms with Gasteiger partial charge in [0.1, 0.15) is 0 Å². The van der Waals surface area contributed by atoms with Crippen molar-refractivity contribution < 1.29 is 20.1 Å². The van der Waals surface area contributed by atoms with E-state index in [0.29, 0.717) is 0 Å². The average Bonchev–Trinajstić information content (AvgIpc) is 2.54. The summed E-state index contributed by atoms with van der Waals surface area (Å²) < 4.78 is 0. The number of para-hydroxylation sites is 1. The van der Waals surface area contributed by atoms with Crippen LogP contribution in [-0.2, 0) is 20.1 Å². The van der Waals surface area contributed by atoms with Gasteiger partial charge >= 0.3 is 0 Å². The molecular weight excluding hydrogens is 362 g/mol. The molecule has 1 radical (unpaired) electrons. The Hall–Kier alpha value is -1.11. The monoisotopic (exact) mass is 373 g/mol. The Labute approximate surface area is 102 Å². The Kier molecular flexibility index (Phi) is 2.64. The molecule has 2 aromatic carbocycles. The molecule has 0 spiro atoms. The van der Waals surface area contributed by atoms with Crippen LogP contribution < -0.4 is 0 Å². The van der Waals surface area contributed by atoms with Crippen molar-refractivity contribution in [3.63, 3.8) is 0 Å². The van der Waals surface area contributed by atoms with Gasteiger partial charge in [-0.1, -0.05) is 30.6 Å². The Bertz CT molecular complexity index is 610. The van der Waals surface area contributed by atoms with Crippen LogP contribution in [0.25, 0.3) is 21.8 Å². The maximum atomic E-state index is 3.40. The van der Waals surface area contributed by atoms with Crippen molar-refractivity contribution >= 4 is 21.8 Å². The van der Waals surface area contributed by atoms with Gasteiger partial charge in [-0.2, -0.15) is 17.7 Å². The summed E-state index contributed by atoms with van der Waals surface area (Å²) in [5, 5.41) is 2.53. The van der Waals surface area contributed by atoms with Gasteiger partial charge in [0, 0.05) is 25.6 Å². The number of aryl methyl sites for hydroxylation is 1. The Balaban J connectivity index is 0.000000853. The molecule has 0 amide bonds. The zero-order valence-electron chi connectivity index (χ0n) is 8.30. The largest absolute Gasteiger partial charge is 0.378 e. The van der Waals surface area contributed by atoms with Gasteiger partial charge in [-0.25, -0.2) is 0 Å². The minimum absolute atomic E-state index is 0. The summed E-state index contributed by atoms with van der Waals surface area (Å²) >= 11 is 0. The van der Waals surface area contributed by atoms with Crippen molar-refractivity contribution in [3.8, 4) is 0 Å².